The molecule has 3 aromatic rings. The van der Waals surface area contributed by atoms with Crippen molar-refractivity contribution in [3.05, 3.63) is 59.7 Å². The Balaban J connectivity index is 1.53. The number of aromatic amines is 1. The third-order valence-electron chi connectivity index (χ3n) is 4.11. The molecule has 3 N–H and O–H groups in total. The van der Waals surface area contributed by atoms with E-state index in [1.54, 1.807) is 32.5 Å². The van der Waals surface area contributed by atoms with Gasteiger partial charge >= 0.3 is 0 Å². The number of hydrogen-bond donors (Lipinski definition) is 3. The molecule has 7 heteroatoms. The Bertz CT molecular complexity index is 906. The quantitative estimate of drug-likeness (QED) is 0.469. The van der Waals surface area contributed by atoms with E-state index in [9.17, 15) is 4.39 Å². The number of nitrogens with zero attached hydrogens (tertiary/aromatic N) is 2. The molecule has 2 aromatic heterocycles. The highest BCUT2D eigenvalue weighted by Crippen LogP contribution is 2.19. The van der Waals surface area contributed by atoms with Crippen LogP contribution in [0, 0.1) is 5.82 Å². The Labute approximate surface area is 151 Å². The van der Waals surface area contributed by atoms with Crippen molar-refractivity contribution in [3.8, 4) is 5.88 Å². The summed E-state index contributed by atoms with van der Waals surface area (Å²) in [6.45, 7) is 1.29. The molecular weight excluding hydrogens is 333 g/mol. The van der Waals surface area contributed by atoms with Crippen molar-refractivity contribution in [2.75, 3.05) is 20.7 Å². The van der Waals surface area contributed by atoms with Gasteiger partial charge in [-0.1, -0.05) is 0 Å². The van der Waals surface area contributed by atoms with Gasteiger partial charge in [0.05, 0.1) is 7.11 Å². The Kier molecular flexibility index (Phi) is 5.68. The standard InChI is InChI=1S/C19H22FN5O/c1-21-19(25-11-13-5-7-22-18(9-13)26-2)23-8-6-14-12-24-17-4-3-15(20)10-16(14)17/h3-5,7,9-10,12,24H,6,8,11H2,1-2H3,(H2,21,23,25). The minimum Gasteiger partial charge on any atom is -0.481 e. The molecule has 6 nitrogen and oxygen atoms in total. The molecule has 26 heavy (non-hydrogen) atoms. The van der Waals surface area contributed by atoms with Crippen LogP contribution in [0.15, 0.2) is 47.7 Å². The lowest BCUT2D eigenvalue weighted by Crippen LogP contribution is -2.37. The van der Waals surface area contributed by atoms with E-state index in [2.05, 4.69) is 25.6 Å². The van der Waals surface area contributed by atoms with Gasteiger partial charge in [-0.3, -0.25) is 4.99 Å². The maximum Gasteiger partial charge on any atom is 0.213 e. The molecule has 3 rings (SSSR count). The van der Waals surface area contributed by atoms with E-state index in [-0.39, 0.29) is 5.82 Å². The molecule has 1 aromatic carbocycles. The predicted octanol–water partition coefficient (Wildman–Crippen LogP) is 2.62. The molecule has 136 valence electrons. The van der Waals surface area contributed by atoms with Gasteiger partial charge in [-0.25, -0.2) is 9.37 Å². The number of guanidine groups is 1. The van der Waals surface area contributed by atoms with Crippen molar-refractivity contribution >= 4 is 16.9 Å². The number of pyridine rings is 1. The SMILES string of the molecule is CN=C(NCCc1c[nH]c2ccc(F)cc12)NCc1ccnc(OC)c1. The molecule has 0 amide bonds. The molecule has 0 aliphatic carbocycles. The number of nitrogens with one attached hydrogen (secondary N) is 3. The Morgan fingerprint density at radius 3 is 2.96 bits per heavy atom. The second-order valence-electron chi connectivity index (χ2n) is 5.81. The number of benzene rings is 1. The van der Waals surface area contributed by atoms with Gasteiger partial charge in [-0.15, -0.1) is 0 Å². The van der Waals surface area contributed by atoms with E-state index in [0.717, 1.165) is 28.5 Å². The maximum absolute atomic E-state index is 13.4. The van der Waals surface area contributed by atoms with Crippen LogP contribution in [-0.2, 0) is 13.0 Å². The number of fused-ring (bicyclic) bond motifs is 1. The van der Waals surface area contributed by atoms with Crippen molar-refractivity contribution in [1.29, 1.82) is 0 Å². The number of aromatic nitrogens is 2. The molecular formula is C19H22FN5O. The number of halogens is 1. The topological polar surface area (TPSA) is 74.3 Å². The number of hydrogen-bond acceptors (Lipinski definition) is 3. The smallest absolute Gasteiger partial charge is 0.213 e. The first kappa shape index (κ1) is 17.7. The summed E-state index contributed by atoms with van der Waals surface area (Å²) >= 11 is 0. The molecule has 0 saturated heterocycles. The lowest BCUT2D eigenvalue weighted by molar-refractivity contribution is 0.397. The van der Waals surface area contributed by atoms with Gasteiger partial charge in [0.15, 0.2) is 5.96 Å². The van der Waals surface area contributed by atoms with Gasteiger partial charge in [0.1, 0.15) is 5.82 Å². The highest BCUT2D eigenvalue weighted by Gasteiger charge is 2.06. The van der Waals surface area contributed by atoms with E-state index in [1.807, 2.05) is 18.3 Å². The van der Waals surface area contributed by atoms with Gasteiger partial charge in [0.25, 0.3) is 0 Å². The number of ether oxygens (including phenoxy) is 1. The van der Waals surface area contributed by atoms with E-state index >= 15 is 0 Å². The summed E-state index contributed by atoms with van der Waals surface area (Å²) in [5, 5.41) is 7.44. The predicted molar refractivity (Wildman–Crippen MR) is 101 cm³/mol. The summed E-state index contributed by atoms with van der Waals surface area (Å²) in [6.07, 6.45) is 4.39. The second kappa shape index (κ2) is 8.33. The Morgan fingerprint density at radius 2 is 2.15 bits per heavy atom. The molecule has 0 bridgehead atoms. The zero-order valence-electron chi connectivity index (χ0n) is 14.8. The average molecular weight is 355 g/mol. The van der Waals surface area contributed by atoms with Crippen molar-refractivity contribution < 1.29 is 9.13 Å². The van der Waals surface area contributed by atoms with E-state index in [0.29, 0.717) is 24.9 Å². The highest BCUT2D eigenvalue weighted by molar-refractivity contribution is 5.83. The van der Waals surface area contributed by atoms with Gasteiger partial charge in [0.2, 0.25) is 5.88 Å². The average Bonchev–Trinajstić information content (AvgIpc) is 3.06. The zero-order chi connectivity index (χ0) is 18.4. The highest BCUT2D eigenvalue weighted by atomic mass is 19.1. The van der Waals surface area contributed by atoms with Crippen LogP contribution in [0.5, 0.6) is 5.88 Å². The van der Waals surface area contributed by atoms with Gasteiger partial charge in [-0.2, -0.15) is 0 Å². The Morgan fingerprint density at radius 1 is 1.27 bits per heavy atom. The minimum atomic E-state index is -0.225. The van der Waals surface area contributed by atoms with Crippen molar-refractivity contribution in [2.45, 2.75) is 13.0 Å². The number of methoxy groups -OCH3 is 1. The van der Waals surface area contributed by atoms with Crippen LogP contribution in [0.1, 0.15) is 11.1 Å². The number of rotatable bonds is 6. The fourth-order valence-electron chi connectivity index (χ4n) is 2.75. The molecule has 0 unspecified atom stereocenters. The third-order valence-corrected chi connectivity index (χ3v) is 4.11. The van der Waals surface area contributed by atoms with Crippen LogP contribution in [0.3, 0.4) is 0 Å². The summed E-state index contributed by atoms with van der Waals surface area (Å²) in [7, 11) is 3.32. The molecule has 0 aliphatic heterocycles. The number of H-pyrrole nitrogens is 1. The van der Waals surface area contributed by atoms with Crippen LogP contribution in [0.2, 0.25) is 0 Å². The fraction of sp³-hybridized carbons (Fsp3) is 0.263. The molecule has 0 radical (unpaired) electrons. The lowest BCUT2D eigenvalue weighted by Gasteiger charge is -2.12. The monoisotopic (exact) mass is 355 g/mol. The normalized spacial score (nSPS) is 11.6. The van der Waals surface area contributed by atoms with E-state index in [1.165, 1.54) is 6.07 Å². The molecule has 0 aliphatic rings. The first-order valence-corrected chi connectivity index (χ1v) is 8.38. The summed E-state index contributed by atoms with van der Waals surface area (Å²) in [5.74, 6) is 1.06. The van der Waals surface area contributed by atoms with E-state index < -0.39 is 0 Å². The van der Waals surface area contributed by atoms with Gasteiger partial charge in [0, 0.05) is 49.5 Å². The first-order chi connectivity index (χ1) is 12.7. The van der Waals surface area contributed by atoms with Crippen molar-refractivity contribution in [3.63, 3.8) is 0 Å². The van der Waals surface area contributed by atoms with Crippen LogP contribution < -0.4 is 15.4 Å². The van der Waals surface area contributed by atoms with Crippen LogP contribution in [-0.4, -0.2) is 36.6 Å². The van der Waals surface area contributed by atoms with Crippen LogP contribution in [0.25, 0.3) is 10.9 Å². The van der Waals surface area contributed by atoms with E-state index in [4.69, 9.17) is 4.74 Å². The fourth-order valence-corrected chi connectivity index (χ4v) is 2.75. The molecule has 0 spiro atoms. The largest absolute Gasteiger partial charge is 0.481 e. The molecule has 0 saturated carbocycles. The molecule has 0 fully saturated rings. The summed E-state index contributed by atoms with van der Waals surface area (Å²) in [6, 6.07) is 8.57. The van der Waals surface area contributed by atoms with Crippen molar-refractivity contribution in [1.82, 2.24) is 20.6 Å². The number of aliphatic imine (C=N–C) groups is 1. The lowest BCUT2D eigenvalue weighted by atomic mass is 10.1. The summed E-state index contributed by atoms with van der Waals surface area (Å²) in [4.78, 5) is 11.5. The molecule has 0 atom stereocenters. The van der Waals surface area contributed by atoms with Crippen LogP contribution in [0.4, 0.5) is 4.39 Å². The zero-order valence-corrected chi connectivity index (χ0v) is 14.8. The van der Waals surface area contributed by atoms with Gasteiger partial charge in [-0.05, 0) is 41.8 Å². The van der Waals surface area contributed by atoms with Crippen LogP contribution >= 0.6 is 0 Å². The summed E-state index contributed by atoms with van der Waals surface area (Å²) < 4.78 is 18.6. The minimum absolute atomic E-state index is 0.225. The second-order valence-corrected chi connectivity index (χ2v) is 5.81. The summed E-state index contributed by atoms with van der Waals surface area (Å²) in [5.41, 5.74) is 3.06. The third kappa shape index (κ3) is 4.30. The van der Waals surface area contributed by atoms with Gasteiger partial charge < -0.3 is 20.4 Å². The maximum atomic E-state index is 13.4. The Hall–Kier alpha value is -3.09. The first-order valence-electron chi connectivity index (χ1n) is 8.38. The van der Waals surface area contributed by atoms with Crippen molar-refractivity contribution in [2.24, 2.45) is 4.99 Å². The molecule has 2 heterocycles.